The summed E-state index contributed by atoms with van der Waals surface area (Å²) in [6.45, 7) is 3.45. The number of hydrogen-bond donors (Lipinski definition) is 0. The zero-order valence-corrected chi connectivity index (χ0v) is 13.1. The summed E-state index contributed by atoms with van der Waals surface area (Å²) in [5.74, 6) is -2.82. The maximum Gasteiger partial charge on any atom is 0.265 e. The van der Waals surface area contributed by atoms with Crippen LogP contribution < -0.4 is 4.74 Å². The van der Waals surface area contributed by atoms with Gasteiger partial charge in [-0.3, -0.25) is 0 Å². The smallest absolute Gasteiger partial charge is 0.265 e. The lowest BCUT2D eigenvalue weighted by Crippen LogP contribution is -2.11. The Hall–Kier alpha value is -1.39. The summed E-state index contributed by atoms with van der Waals surface area (Å²) < 4.78 is 54.4. The molecule has 0 spiro atoms. The summed E-state index contributed by atoms with van der Waals surface area (Å²) >= 11 is 0. The fourth-order valence-electron chi connectivity index (χ4n) is 1.60. The van der Waals surface area contributed by atoms with E-state index in [4.69, 9.17) is 20.7 Å². The predicted molar refractivity (Wildman–Crippen MR) is 73.5 cm³/mol. The second-order valence-corrected chi connectivity index (χ2v) is 7.63. The van der Waals surface area contributed by atoms with Gasteiger partial charge in [0.2, 0.25) is 0 Å². The van der Waals surface area contributed by atoms with E-state index in [1.807, 2.05) is 0 Å². The highest BCUT2D eigenvalue weighted by atomic mass is 35.7. The van der Waals surface area contributed by atoms with Crippen molar-refractivity contribution in [2.24, 2.45) is 5.41 Å². The van der Waals surface area contributed by atoms with E-state index in [-0.39, 0.29) is 6.61 Å². The van der Waals surface area contributed by atoms with Crippen LogP contribution in [-0.2, 0) is 9.05 Å². The van der Waals surface area contributed by atoms with Crippen molar-refractivity contribution in [3.63, 3.8) is 0 Å². The van der Waals surface area contributed by atoms with Crippen LogP contribution in [0.4, 0.5) is 8.78 Å². The molecule has 116 valence electrons. The third-order valence-corrected chi connectivity index (χ3v) is 4.06. The van der Waals surface area contributed by atoms with Crippen LogP contribution in [0.3, 0.4) is 0 Å². The quantitative estimate of drug-likeness (QED) is 0.587. The minimum absolute atomic E-state index is 0.0208. The van der Waals surface area contributed by atoms with Gasteiger partial charge in [-0.05, 0) is 32.8 Å². The normalized spacial score (nSPS) is 12.0. The van der Waals surface area contributed by atoms with Gasteiger partial charge in [0.15, 0.2) is 11.6 Å². The molecule has 21 heavy (non-hydrogen) atoms. The van der Waals surface area contributed by atoms with Gasteiger partial charge in [0.05, 0.1) is 18.1 Å². The summed E-state index contributed by atoms with van der Waals surface area (Å²) in [6.07, 6.45) is 0.883. The van der Waals surface area contributed by atoms with Gasteiger partial charge in [0.25, 0.3) is 9.05 Å². The Kier molecular flexibility index (Phi) is 5.54. The molecule has 0 amide bonds. The highest BCUT2D eigenvalue weighted by Gasteiger charge is 2.23. The Morgan fingerprint density at radius 2 is 2.00 bits per heavy atom. The number of nitrogens with zero attached hydrogens (tertiary/aromatic N) is 1. The van der Waals surface area contributed by atoms with Gasteiger partial charge in [-0.2, -0.15) is 5.26 Å². The second kappa shape index (κ2) is 6.58. The van der Waals surface area contributed by atoms with Gasteiger partial charge in [-0.1, -0.05) is 0 Å². The first-order valence-electron chi connectivity index (χ1n) is 6.04. The Morgan fingerprint density at radius 3 is 2.52 bits per heavy atom. The van der Waals surface area contributed by atoms with Crippen molar-refractivity contribution in [2.45, 2.75) is 31.6 Å². The fourth-order valence-corrected chi connectivity index (χ4v) is 2.58. The van der Waals surface area contributed by atoms with E-state index in [1.165, 1.54) is 0 Å². The van der Waals surface area contributed by atoms with Gasteiger partial charge >= 0.3 is 0 Å². The Bertz CT molecular complexity index is 669. The van der Waals surface area contributed by atoms with Crippen LogP contribution in [-0.4, -0.2) is 15.0 Å². The largest absolute Gasteiger partial charge is 0.489 e. The van der Waals surface area contributed by atoms with Crippen molar-refractivity contribution < 1.29 is 21.9 Å². The molecule has 1 aromatic rings. The van der Waals surface area contributed by atoms with Gasteiger partial charge < -0.3 is 4.74 Å². The first kappa shape index (κ1) is 17.7. The summed E-state index contributed by atoms with van der Waals surface area (Å²) in [6, 6.07) is 3.21. The molecule has 0 fully saturated rings. The topological polar surface area (TPSA) is 67.2 Å². The van der Waals surface area contributed by atoms with Crippen molar-refractivity contribution in [1.29, 1.82) is 5.26 Å². The standard InChI is InChI=1S/C13H14ClF2NO3S/c1-13(2,8-17)4-3-5-20-12-10(16)6-9(15)7-11(12)21(14,18)19/h6-7H,3-5H2,1-2H3. The van der Waals surface area contributed by atoms with E-state index >= 15 is 0 Å². The van der Waals surface area contributed by atoms with Gasteiger partial charge in [0.1, 0.15) is 10.7 Å². The summed E-state index contributed by atoms with van der Waals surface area (Å²) in [5.41, 5.74) is -0.563. The number of benzene rings is 1. The van der Waals surface area contributed by atoms with Crippen LogP contribution >= 0.6 is 10.7 Å². The lowest BCUT2D eigenvalue weighted by atomic mass is 9.90. The van der Waals surface area contributed by atoms with Crippen molar-refractivity contribution in [2.75, 3.05) is 6.61 Å². The molecule has 0 N–H and O–H groups in total. The summed E-state index contributed by atoms with van der Waals surface area (Å²) in [7, 11) is 0.798. The zero-order chi connectivity index (χ0) is 16.3. The molecule has 0 aliphatic heterocycles. The second-order valence-electron chi connectivity index (χ2n) is 5.10. The third kappa shape index (κ3) is 5.14. The number of hydrogen-bond acceptors (Lipinski definition) is 4. The van der Waals surface area contributed by atoms with Crippen LogP contribution in [0.15, 0.2) is 17.0 Å². The molecule has 0 aromatic heterocycles. The maximum absolute atomic E-state index is 13.6. The van der Waals surface area contributed by atoms with Crippen molar-refractivity contribution in [3.8, 4) is 11.8 Å². The third-order valence-electron chi connectivity index (χ3n) is 2.73. The summed E-state index contributed by atoms with van der Waals surface area (Å²) in [5, 5.41) is 8.85. The SMILES string of the molecule is CC(C)(C#N)CCCOc1c(F)cc(F)cc1S(=O)(=O)Cl. The Morgan fingerprint density at radius 1 is 1.38 bits per heavy atom. The minimum atomic E-state index is -4.33. The van der Waals surface area contributed by atoms with E-state index < -0.39 is 36.7 Å². The van der Waals surface area contributed by atoms with E-state index in [1.54, 1.807) is 13.8 Å². The molecule has 0 atom stereocenters. The lowest BCUT2D eigenvalue weighted by Gasteiger charge is -2.15. The molecule has 0 unspecified atom stereocenters. The van der Waals surface area contributed by atoms with Crippen LogP contribution in [0, 0.1) is 28.4 Å². The fraction of sp³-hybridized carbons (Fsp3) is 0.462. The molecule has 0 aliphatic rings. The first-order chi connectivity index (χ1) is 9.57. The summed E-state index contributed by atoms with van der Waals surface area (Å²) in [4.78, 5) is -0.749. The molecule has 8 heteroatoms. The Balaban J connectivity index is 2.88. The minimum Gasteiger partial charge on any atom is -0.489 e. The van der Waals surface area contributed by atoms with Crippen molar-refractivity contribution in [1.82, 2.24) is 0 Å². The molecule has 4 nitrogen and oxygen atoms in total. The lowest BCUT2D eigenvalue weighted by molar-refractivity contribution is 0.265. The molecular formula is C13H14ClF2NO3S. The average Bonchev–Trinajstić information content (AvgIpc) is 2.34. The van der Waals surface area contributed by atoms with Crippen LogP contribution in [0.1, 0.15) is 26.7 Å². The van der Waals surface area contributed by atoms with Crippen molar-refractivity contribution in [3.05, 3.63) is 23.8 Å². The van der Waals surface area contributed by atoms with Crippen LogP contribution in [0.5, 0.6) is 5.75 Å². The van der Waals surface area contributed by atoms with Gasteiger partial charge in [0, 0.05) is 16.7 Å². The van der Waals surface area contributed by atoms with Gasteiger partial charge in [-0.15, -0.1) is 0 Å². The van der Waals surface area contributed by atoms with Crippen molar-refractivity contribution >= 4 is 19.7 Å². The predicted octanol–water partition coefficient (Wildman–Crippen LogP) is 3.60. The number of rotatable bonds is 6. The molecule has 0 heterocycles. The first-order valence-corrected chi connectivity index (χ1v) is 8.35. The monoisotopic (exact) mass is 337 g/mol. The Labute approximate surface area is 126 Å². The highest BCUT2D eigenvalue weighted by molar-refractivity contribution is 8.13. The average molecular weight is 338 g/mol. The molecule has 0 radical (unpaired) electrons. The maximum atomic E-state index is 13.6. The number of nitriles is 1. The number of ether oxygens (including phenoxy) is 1. The van der Waals surface area contributed by atoms with Crippen LogP contribution in [0.25, 0.3) is 0 Å². The molecular weight excluding hydrogens is 324 g/mol. The number of halogens is 3. The van der Waals surface area contributed by atoms with Crippen LogP contribution in [0.2, 0.25) is 0 Å². The van der Waals surface area contributed by atoms with E-state index in [0.717, 1.165) is 0 Å². The highest BCUT2D eigenvalue weighted by Crippen LogP contribution is 2.31. The zero-order valence-electron chi connectivity index (χ0n) is 11.5. The van der Waals surface area contributed by atoms with E-state index in [2.05, 4.69) is 6.07 Å². The molecule has 0 aliphatic carbocycles. The van der Waals surface area contributed by atoms with E-state index in [0.29, 0.717) is 25.0 Å². The molecule has 0 saturated carbocycles. The molecule has 0 saturated heterocycles. The molecule has 1 rings (SSSR count). The molecule has 1 aromatic carbocycles. The molecule has 0 bridgehead atoms. The van der Waals surface area contributed by atoms with Gasteiger partial charge in [-0.25, -0.2) is 17.2 Å². The van der Waals surface area contributed by atoms with E-state index in [9.17, 15) is 17.2 Å².